The van der Waals surface area contributed by atoms with Crippen molar-refractivity contribution in [3.63, 3.8) is 0 Å². The predicted octanol–water partition coefficient (Wildman–Crippen LogP) is -0.0479. The summed E-state index contributed by atoms with van der Waals surface area (Å²) in [5, 5.41) is 0. The Morgan fingerprint density at radius 3 is 3.14 bits per heavy atom. The Balaban J connectivity index is 1.86. The zero-order chi connectivity index (χ0) is 10.2. The molecule has 5 nitrogen and oxygen atoms in total. The highest BCUT2D eigenvalue weighted by molar-refractivity contribution is 5.75. The van der Waals surface area contributed by atoms with E-state index in [4.69, 9.17) is 15.3 Å². The first-order valence-electron chi connectivity index (χ1n) is 5.01. The summed E-state index contributed by atoms with van der Waals surface area (Å²) in [6.07, 6.45) is 3.60. The highest BCUT2D eigenvalue weighted by Crippen LogP contribution is 2.11. The molecule has 1 fully saturated rings. The van der Waals surface area contributed by atoms with Gasteiger partial charge in [0.05, 0.1) is 12.7 Å². The van der Waals surface area contributed by atoms with Crippen molar-refractivity contribution in [2.75, 3.05) is 19.8 Å². The molecule has 1 aliphatic rings. The summed E-state index contributed by atoms with van der Waals surface area (Å²) in [5.74, 6) is 4.78. The van der Waals surface area contributed by atoms with E-state index in [0.29, 0.717) is 26.1 Å². The monoisotopic (exact) mass is 202 g/mol. The molecule has 0 saturated carbocycles. The second-order valence-electron chi connectivity index (χ2n) is 3.38. The molecule has 82 valence electrons. The first kappa shape index (κ1) is 11.4. The highest BCUT2D eigenvalue weighted by Gasteiger charge is 2.14. The minimum atomic E-state index is -0.147. The van der Waals surface area contributed by atoms with Crippen LogP contribution in [0.15, 0.2) is 0 Å². The number of rotatable bonds is 6. The van der Waals surface area contributed by atoms with Gasteiger partial charge in [0.25, 0.3) is 0 Å². The zero-order valence-corrected chi connectivity index (χ0v) is 8.33. The Kier molecular flexibility index (Phi) is 5.51. The lowest BCUT2D eigenvalue weighted by Crippen LogP contribution is -2.30. The smallest absolute Gasteiger partial charge is 0.233 e. The maximum atomic E-state index is 10.7. The topological polar surface area (TPSA) is 73.6 Å². The van der Waals surface area contributed by atoms with E-state index in [9.17, 15) is 4.79 Å². The van der Waals surface area contributed by atoms with Gasteiger partial charge in [0.2, 0.25) is 5.91 Å². The fourth-order valence-corrected chi connectivity index (χ4v) is 1.40. The third kappa shape index (κ3) is 4.55. The van der Waals surface area contributed by atoms with Gasteiger partial charge in [-0.1, -0.05) is 0 Å². The lowest BCUT2D eigenvalue weighted by molar-refractivity contribution is -0.121. The van der Waals surface area contributed by atoms with Crippen LogP contribution in [0, 0.1) is 0 Å². The summed E-state index contributed by atoms with van der Waals surface area (Å²) in [6.45, 7) is 2.08. The van der Waals surface area contributed by atoms with Gasteiger partial charge in [0.15, 0.2) is 0 Å². The van der Waals surface area contributed by atoms with E-state index in [-0.39, 0.29) is 12.0 Å². The predicted molar refractivity (Wildman–Crippen MR) is 51.4 cm³/mol. The average Bonchev–Trinajstić information content (AvgIpc) is 2.69. The molecule has 1 heterocycles. The fraction of sp³-hybridized carbons (Fsp3) is 0.889. The first-order chi connectivity index (χ1) is 6.83. The molecule has 0 aromatic rings. The molecular formula is C9H18N2O3. The van der Waals surface area contributed by atoms with Gasteiger partial charge >= 0.3 is 0 Å². The molecule has 0 aliphatic carbocycles. The third-order valence-corrected chi connectivity index (χ3v) is 2.18. The van der Waals surface area contributed by atoms with E-state index in [2.05, 4.69) is 5.43 Å². The second kappa shape index (κ2) is 6.75. The normalized spacial score (nSPS) is 21.1. The molecule has 0 bridgehead atoms. The Morgan fingerprint density at radius 2 is 2.50 bits per heavy atom. The molecule has 1 rings (SSSR count). The number of amides is 1. The van der Waals surface area contributed by atoms with E-state index >= 15 is 0 Å². The van der Waals surface area contributed by atoms with Crippen LogP contribution >= 0.6 is 0 Å². The van der Waals surface area contributed by atoms with Crippen LogP contribution < -0.4 is 11.3 Å². The van der Waals surface area contributed by atoms with Gasteiger partial charge in [-0.05, 0) is 19.3 Å². The number of nitrogens with one attached hydrogen (secondary N) is 1. The largest absolute Gasteiger partial charge is 0.379 e. The van der Waals surface area contributed by atoms with Crippen molar-refractivity contribution in [1.82, 2.24) is 5.43 Å². The molecule has 0 radical (unpaired) electrons. The average molecular weight is 202 g/mol. The van der Waals surface area contributed by atoms with Crippen LogP contribution in [0.4, 0.5) is 0 Å². The Morgan fingerprint density at radius 1 is 1.64 bits per heavy atom. The fourth-order valence-electron chi connectivity index (χ4n) is 1.40. The molecule has 0 spiro atoms. The van der Waals surface area contributed by atoms with Crippen molar-refractivity contribution in [2.24, 2.45) is 5.84 Å². The SMILES string of the molecule is NNC(=O)CCCOCC1CCCO1. The molecule has 0 aromatic carbocycles. The molecule has 5 heteroatoms. The number of carbonyl (C=O) groups excluding carboxylic acids is 1. The van der Waals surface area contributed by atoms with Crippen molar-refractivity contribution in [1.29, 1.82) is 0 Å². The number of ether oxygens (including phenoxy) is 2. The Bertz CT molecular complexity index is 169. The van der Waals surface area contributed by atoms with Crippen molar-refractivity contribution in [2.45, 2.75) is 31.8 Å². The van der Waals surface area contributed by atoms with Gasteiger partial charge in [-0.3, -0.25) is 10.2 Å². The highest BCUT2D eigenvalue weighted by atomic mass is 16.5. The molecule has 1 unspecified atom stereocenters. The summed E-state index contributed by atoms with van der Waals surface area (Å²) in [6, 6.07) is 0. The molecule has 1 aliphatic heterocycles. The number of carbonyl (C=O) groups is 1. The van der Waals surface area contributed by atoms with Crippen molar-refractivity contribution >= 4 is 5.91 Å². The van der Waals surface area contributed by atoms with Gasteiger partial charge in [-0.2, -0.15) is 0 Å². The van der Waals surface area contributed by atoms with Crippen molar-refractivity contribution < 1.29 is 14.3 Å². The lowest BCUT2D eigenvalue weighted by atomic mass is 10.2. The first-order valence-corrected chi connectivity index (χ1v) is 5.01. The van der Waals surface area contributed by atoms with Crippen LogP contribution in [0.3, 0.4) is 0 Å². The summed E-state index contributed by atoms with van der Waals surface area (Å²) in [5.41, 5.74) is 2.08. The Hall–Kier alpha value is -0.650. The van der Waals surface area contributed by atoms with Crippen LogP contribution in [0.2, 0.25) is 0 Å². The molecule has 0 aromatic heterocycles. The number of hydrogen-bond donors (Lipinski definition) is 2. The van der Waals surface area contributed by atoms with Gasteiger partial charge in [0, 0.05) is 19.6 Å². The van der Waals surface area contributed by atoms with Crippen LogP contribution in [-0.2, 0) is 14.3 Å². The van der Waals surface area contributed by atoms with Gasteiger partial charge < -0.3 is 9.47 Å². The molecule has 1 atom stereocenters. The number of nitrogens with two attached hydrogens (primary N) is 1. The molecular weight excluding hydrogens is 184 g/mol. The van der Waals surface area contributed by atoms with Crippen LogP contribution in [-0.4, -0.2) is 31.8 Å². The Labute approximate surface area is 83.9 Å². The maximum Gasteiger partial charge on any atom is 0.233 e. The zero-order valence-electron chi connectivity index (χ0n) is 8.33. The van der Waals surface area contributed by atoms with Gasteiger partial charge in [0.1, 0.15) is 0 Å². The lowest BCUT2D eigenvalue weighted by Gasteiger charge is -2.09. The minimum absolute atomic E-state index is 0.147. The van der Waals surface area contributed by atoms with Gasteiger partial charge in [-0.25, -0.2) is 5.84 Å². The van der Waals surface area contributed by atoms with E-state index in [1.807, 2.05) is 0 Å². The maximum absolute atomic E-state index is 10.7. The molecule has 1 amide bonds. The number of hydrogen-bond acceptors (Lipinski definition) is 4. The van der Waals surface area contributed by atoms with E-state index in [0.717, 1.165) is 19.4 Å². The summed E-state index contributed by atoms with van der Waals surface area (Å²) >= 11 is 0. The number of hydrazine groups is 1. The quantitative estimate of drug-likeness (QED) is 0.274. The minimum Gasteiger partial charge on any atom is -0.379 e. The summed E-state index contributed by atoms with van der Waals surface area (Å²) < 4.78 is 10.7. The van der Waals surface area contributed by atoms with E-state index in [1.165, 1.54) is 0 Å². The van der Waals surface area contributed by atoms with Crippen LogP contribution in [0.25, 0.3) is 0 Å². The molecule has 3 N–H and O–H groups in total. The third-order valence-electron chi connectivity index (χ3n) is 2.18. The standard InChI is InChI=1S/C9H18N2O3/c10-11-9(12)4-2-5-13-7-8-3-1-6-14-8/h8H,1-7,10H2,(H,11,12). The van der Waals surface area contributed by atoms with Crippen molar-refractivity contribution in [3.05, 3.63) is 0 Å². The summed E-state index contributed by atoms with van der Waals surface area (Å²) in [4.78, 5) is 10.7. The van der Waals surface area contributed by atoms with E-state index in [1.54, 1.807) is 0 Å². The second-order valence-corrected chi connectivity index (χ2v) is 3.38. The van der Waals surface area contributed by atoms with Gasteiger partial charge in [-0.15, -0.1) is 0 Å². The molecule has 14 heavy (non-hydrogen) atoms. The van der Waals surface area contributed by atoms with Crippen molar-refractivity contribution in [3.8, 4) is 0 Å². The molecule has 1 saturated heterocycles. The van der Waals surface area contributed by atoms with Crippen LogP contribution in [0.1, 0.15) is 25.7 Å². The summed E-state index contributed by atoms with van der Waals surface area (Å²) in [7, 11) is 0. The van der Waals surface area contributed by atoms with Crippen LogP contribution in [0.5, 0.6) is 0 Å². The van der Waals surface area contributed by atoms with E-state index < -0.39 is 0 Å².